The third kappa shape index (κ3) is 4.08. The summed E-state index contributed by atoms with van der Waals surface area (Å²) in [6.07, 6.45) is 5.34. The van der Waals surface area contributed by atoms with Crippen molar-refractivity contribution in [2.45, 2.75) is 44.6 Å². The predicted octanol–water partition coefficient (Wildman–Crippen LogP) is 2.14. The smallest absolute Gasteiger partial charge is 0.226 e. The summed E-state index contributed by atoms with van der Waals surface area (Å²) >= 11 is 0. The highest BCUT2D eigenvalue weighted by Crippen LogP contribution is 2.26. The zero-order valence-electron chi connectivity index (χ0n) is 14.3. The van der Waals surface area contributed by atoms with Gasteiger partial charge in [-0.3, -0.25) is 9.59 Å². The summed E-state index contributed by atoms with van der Waals surface area (Å²) in [4.78, 5) is 26.4. The van der Waals surface area contributed by atoms with E-state index in [1.54, 1.807) is 7.11 Å². The summed E-state index contributed by atoms with van der Waals surface area (Å²) in [5.74, 6) is 1.37. The van der Waals surface area contributed by atoms with Gasteiger partial charge in [0.15, 0.2) is 0 Å². The molecule has 1 saturated heterocycles. The molecular formula is C19H26N2O3. The van der Waals surface area contributed by atoms with Crippen molar-refractivity contribution < 1.29 is 14.3 Å². The van der Waals surface area contributed by atoms with E-state index in [0.717, 1.165) is 50.1 Å². The Morgan fingerprint density at radius 3 is 2.58 bits per heavy atom. The minimum Gasteiger partial charge on any atom is -0.497 e. The largest absolute Gasteiger partial charge is 0.497 e. The van der Waals surface area contributed by atoms with Gasteiger partial charge < -0.3 is 15.0 Å². The molecule has 1 saturated carbocycles. The number of rotatable bonds is 5. The molecule has 1 aromatic rings. The van der Waals surface area contributed by atoms with Gasteiger partial charge in [0.2, 0.25) is 11.8 Å². The number of methoxy groups -OCH3 is 1. The Bertz CT molecular complexity index is 590. The summed E-state index contributed by atoms with van der Waals surface area (Å²) < 4.78 is 5.20. The lowest BCUT2D eigenvalue weighted by Crippen LogP contribution is -2.48. The Hall–Kier alpha value is -2.04. The van der Waals surface area contributed by atoms with Crippen LogP contribution in [-0.4, -0.2) is 43.0 Å². The van der Waals surface area contributed by atoms with Crippen LogP contribution in [0.2, 0.25) is 0 Å². The van der Waals surface area contributed by atoms with Crippen LogP contribution in [0.1, 0.15) is 37.7 Å². The van der Waals surface area contributed by atoms with Crippen LogP contribution in [0.4, 0.5) is 0 Å². The highest BCUT2D eigenvalue weighted by Gasteiger charge is 2.29. The Kier molecular flexibility index (Phi) is 5.38. The van der Waals surface area contributed by atoms with Crippen molar-refractivity contribution in [3.8, 4) is 5.75 Å². The number of amides is 2. The second kappa shape index (κ2) is 7.69. The summed E-state index contributed by atoms with van der Waals surface area (Å²) in [6, 6.07) is 7.86. The topological polar surface area (TPSA) is 58.6 Å². The first-order valence-electron chi connectivity index (χ1n) is 8.87. The fraction of sp³-hybridized carbons (Fsp3) is 0.579. The SMILES string of the molecule is COc1cccc(CC(=O)N2CCC(NC(=O)C3CCC3)CC2)c1. The first-order chi connectivity index (χ1) is 11.7. The summed E-state index contributed by atoms with van der Waals surface area (Å²) in [6.45, 7) is 1.44. The molecule has 2 aliphatic rings. The molecule has 1 N–H and O–H groups in total. The molecule has 1 heterocycles. The molecule has 1 aliphatic heterocycles. The molecular weight excluding hydrogens is 304 g/mol. The van der Waals surface area contributed by atoms with Crippen LogP contribution in [-0.2, 0) is 16.0 Å². The van der Waals surface area contributed by atoms with Crippen LogP contribution in [0.5, 0.6) is 5.75 Å². The molecule has 3 rings (SSSR count). The first-order valence-corrected chi connectivity index (χ1v) is 8.87. The van der Waals surface area contributed by atoms with Gasteiger partial charge in [0.1, 0.15) is 5.75 Å². The van der Waals surface area contributed by atoms with E-state index in [-0.39, 0.29) is 23.8 Å². The van der Waals surface area contributed by atoms with Gasteiger partial charge in [0, 0.05) is 25.0 Å². The maximum atomic E-state index is 12.5. The lowest BCUT2D eigenvalue weighted by Gasteiger charge is -2.34. The average Bonchev–Trinajstić information content (AvgIpc) is 2.54. The zero-order valence-corrected chi connectivity index (χ0v) is 14.3. The number of likely N-dealkylation sites (tertiary alicyclic amines) is 1. The molecule has 0 bridgehead atoms. The van der Waals surface area contributed by atoms with Crippen LogP contribution in [0.25, 0.3) is 0 Å². The highest BCUT2D eigenvalue weighted by molar-refractivity contribution is 5.80. The number of hydrogen-bond donors (Lipinski definition) is 1. The van der Waals surface area contributed by atoms with E-state index in [1.807, 2.05) is 29.2 Å². The van der Waals surface area contributed by atoms with E-state index >= 15 is 0 Å². The zero-order chi connectivity index (χ0) is 16.9. The Morgan fingerprint density at radius 2 is 1.96 bits per heavy atom. The Morgan fingerprint density at radius 1 is 1.21 bits per heavy atom. The molecule has 2 amide bonds. The van der Waals surface area contributed by atoms with E-state index in [1.165, 1.54) is 6.42 Å². The fourth-order valence-electron chi connectivity index (χ4n) is 3.33. The number of ether oxygens (including phenoxy) is 1. The minimum absolute atomic E-state index is 0.145. The molecule has 5 nitrogen and oxygen atoms in total. The maximum absolute atomic E-state index is 12.5. The van der Waals surface area contributed by atoms with Gasteiger partial charge in [0.05, 0.1) is 13.5 Å². The van der Waals surface area contributed by atoms with E-state index < -0.39 is 0 Å². The van der Waals surface area contributed by atoms with Crippen molar-refractivity contribution in [3.63, 3.8) is 0 Å². The molecule has 130 valence electrons. The fourth-order valence-corrected chi connectivity index (χ4v) is 3.33. The second-order valence-corrected chi connectivity index (χ2v) is 6.82. The van der Waals surface area contributed by atoms with Crippen LogP contribution < -0.4 is 10.1 Å². The predicted molar refractivity (Wildman–Crippen MR) is 91.8 cm³/mol. The monoisotopic (exact) mass is 330 g/mol. The molecule has 1 aliphatic carbocycles. The van der Waals surface area contributed by atoms with Gasteiger partial charge in [-0.25, -0.2) is 0 Å². The highest BCUT2D eigenvalue weighted by atomic mass is 16.5. The van der Waals surface area contributed by atoms with Crippen molar-refractivity contribution in [1.82, 2.24) is 10.2 Å². The molecule has 0 unspecified atom stereocenters. The number of piperidine rings is 1. The Labute approximate surface area is 143 Å². The third-order valence-electron chi connectivity index (χ3n) is 5.16. The normalized spacial score (nSPS) is 18.8. The lowest BCUT2D eigenvalue weighted by molar-refractivity contribution is -0.132. The minimum atomic E-state index is 0.145. The molecule has 0 radical (unpaired) electrons. The third-order valence-corrected chi connectivity index (χ3v) is 5.16. The van der Waals surface area contributed by atoms with Crippen molar-refractivity contribution in [1.29, 1.82) is 0 Å². The van der Waals surface area contributed by atoms with E-state index in [0.29, 0.717) is 6.42 Å². The molecule has 2 fully saturated rings. The molecule has 0 atom stereocenters. The van der Waals surface area contributed by atoms with Gasteiger partial charge >= 0.3 is 0 Å². The second-order valence-electron chi connectivity index (χ2n) is 6.82. The number of nitrogens with one attached hydrogen (secondary N) is 1. The van der Waals surface area contributed by atoms with Crippen molar-refractivity contribution in [3.05, 3.63) is 29.8 Å². The molecule has 1 aromatic carbocycles. The van der Waals surface area contributed by atoms with Crippen molar-refractivity contribution in [2.75, 3.05) is 20.2 Å². The first kappa shape index (κ1) is 16.8. The Balaban J connectivity index is 1.45. The summed E-state index contributed by atoms with van der Waals surface area (Å²) in [5.41, 5.74) is 0.972. The molecule has 24 heavy (non-hydrogen) atoms. The number of carbonyl (C=O) groups excluding carboxylic acids is 2. The number of carbonyl (C=O) groups is 2. The van der Waals surface area contributed by atoms with Crippen molar-refractivity contribution >= 4 is 11.8 Å². The lowest BCUT2D eigenvalue weighted by atomic mass is 9.84. The summed E-state index contributed by atoms with van der Waals surface area (Å²) in [7, 11) is 1.63. The van der Waals surface area contributed by atoms with Crippen molar-refractivity contribution in [2.24, 2.45) is 5.92 Å². The van der Waals surface area contributed by atoms with Gasteiger partial charge in [-0.2, -0.15) is 0 Å². The van der Waals surface area contributed by atoms with Crippen LogP contribution in [0.3, 0.4) is 0 Å². The van der Waals surface area contributed by atoms with E-state index in [4.69, 9.17) is 4.74 Å². The standard InChI is InChI=1S/C19H26N2O3/c1-24-17-7-2-4-14(12-17)13-18(22)21-10-8-16(9-11-21)20-19(23)15-5-3-6-15/h2,4,7,12,15-16H,3,5-6,8-11,13H2,1H3,(H,20,23). The molecule has 0 aromatic heterocycles. The van der Waals surface area contributed by atoms with E-state index in [2.05, 4.69) is 5.32 Å². The maximum Gasteiger partial charge on any atom is 0.226 e. The van der Waals surface area contributed by atoms with Crippen LogP contribution >= 0.6 is 0 Å². The average molecular weight is 330 g/mol. The molecule has 5 heteroatoms. The van der Waals surface area contributed by atoms with Gasteiger partial charge in [-0.15, -0.1) is 0 Å². The van der Waals surface area contributed by atoms with Gasteiger partial charge in [-0.05, 0) is 43.4 Å². The van der Waals surface area contributed by atoms with E-state index in [9.17, 15) is 9.59 Å². The number of hydrogen-bond acceptors (Lipinski definition) is 3. The summed E-state index contributed by atoms with van der Waals surface area (Å²) in [5, 5.41) is 3.15. The number of nitrogens with zero attached hydrogens (tertiary/aromatic N) is 1. The molecule has 0 spiro atoms. The van der Waals surface area contributed by atoms with Crippen LogP contribution in [0, 0.1) is 5.92 Å². The number of benzene rings is 1. The quantitative estimate of drug-likeness (QED) is 0.900. The van der Waals surface area contributed by atoms with Gasteiger partial charge in [-0.1, -0.05) is 18.6 Å². The van der Waals surface area contributed by atoms with Crippen LogP contribution in [0.15, 0.2) is 24.3 Å². The van der Waals surface area contributed by atoms with Gasteiger partial charge in [0.25, 0.3) is 0 Å².